The number of hydrogen-bond donors (Lipinski definition) is 0. The van der Waals surface area contributed by atoms with Crippen molar-refractivity contribution in [2.75, 3.05) is 13.1 Å². The molecule has 2 fully saturated rings. The van der Waals surface area contributed by atoms with Gasteiger partial charge in [-0.3, -0.25) is 4.90 Å². The van der Waals surface area contributed by atoms with Gasteiger partial charge in [0, 0.05) is 23.8 Å². The molecule has 30 heavy (non-hydrogen) atoms. The molecule has 0 unspecified atom stereocenters. The van der Waals surface area contributed by atoms with Crippen LogP contribution in [0.1, 0.15) is 57.4 Å². The summed E-state index contributed by atoms with van der Waals surface area (Å²) in [4.78, 5) is 13.4. The van der Waals surface area contributed by atoms with Crippen LogP contribution in [-0.4, -0.2) is 30.1 Å². The third-order valence-corrected chi connectivity index (χ3v) is 7.37. The first-order valence-corrected chi connectivity index (χ1v) is 11.7. The molecule has 2 aromatic carbocycles. The van der Waals surface area contributed by atoms with E-state index in [0.717, 1.165) is 54.9 Å². The van der Waals surface area contributed by atoms with Crippen LogP contribution in [0.5, 0.6) is 5.75 Å². The Kier molecular flexibility index (Phi) is 6.84. The van der Waals surface area contributed by atoms with Gasteiger partial charge >= 0.3 is 0 Å². The first-order valence-electron chi connectivity index (χ1n) is 11.3. The lowest BCUT2D eigenvalue weighted by molar-refractivity contribution is -0.312. The Hall–Kier alpha value is -1.78. The van der Waals surface area contributed by atoms with Gasteiger partial charge in [0.05, 0.1) is 11.1 Å². The van der Waals surface area contributed by atoms with Crippen molar-refractivity contribution in [3.8, 4) is 5.75 Å². The summed E-state index contributed by atoms with van der Waals surface area (Å²) >= 11 is 6.77. The Morgan fingerprint density at radius 1 is 1.10 bits per heavy atom. The largest absolute Gasteiger partial charge is 0.550 e. The van der Waals surface area contributed by atoms with Crippen LogP contribution in [0.25, 0.3) is 10.8 Å². The van der Waals surface area contributed by atoms with Gasteiger partial charge in [-0.1, -0.05) is 43.1 Å². The standard InChI is InChI=1S/C25H32ClNO3/c1-2-17-4-8-21(9-5-17)30-23-10-7-19-6-3-18(15-22(19)24(23)26)16-27-13-11-20(12-14-27)25(28)29/h3,6-7,10,15,17,20-21H,2,4-5,8-9,11-14,16H2,1H3,(H,28,29)/p-1. The molecule has 0 radical (unpaired) electrons. The first kappa shape index (κ1) is 21.5. The van der Waals surface area contributed by atoms with Gasteiger partial charge in [-0.2, -0.15) is 0 Å². The number of ether oxygens (including phenoxy) is 1. The van der Waals surface area contributed by atoms with Gasteiger partial charge in [0.25, 0.3) is 0 Å². The van der Waals surface area contributed by atoms with Crippen LogP contribution < -0.4 is 9.84 Å². The molecule has 0 amide bonds. The van der Waals surface area contributed by atoms with Crippen LogP contribution in [0.2, 0.25) is 5.02 Å². The molecule has 1 aliphatic carbocycles. The molecule has 1 aliphatic heterocycles. The van der Waals surface area contributed by atoms with Crippen molar-refractivity contribution >= 4 is 28.3 Å². The molecule has 1 saturated heterocycles. The van der Waals surface area contributed by atoms with Gasteiger partial charge in [0.15, 0.2) is 0 Å². The maximum Gasteiger partial charge on any atom is 0.138 e. The lowest BCUT2D eigenvalue weighted by Crippen LogP contribution is -2.40. The molecule has 0 spiro atoms. The SMILES string of the molecule is CCC1CCC(Oc2ccc3ccc(CN4CCC(C(=O)[O-])CC4)cc3c2Cl)CC1. The third kappa shape index (κ3) is 4.92. The fraction of sp³-hybridized carbons (Fsp3) is 0.560. The van der Waals surface area contributed by atoms with Crippen molar-refractivity contribution in [1.82, 2.24) is 4.90 Å². The minimum absolute atomic E-state index is 0.260. The summed E-state index contributed by atoms with van der Waals surface area (Å²) in [5.41, 5.74) is 1.19. The average molecular weight is 429 g/mol. The highest BCUT2D eigenvalue weighted by Crippen LogP contribution is 2.37. The van der Waals surface area contributed by atoms with Crippen molar-refractivity contribution in [1.29, 1.82) is 0 Å². The van der Waals surface area contributed by atoms with Gasteiger partial charge in [0.1, 0.15) is 5.75 Å². The van der Waals surface area contributed by atoms with Crippen LogP contribution in [-0.2, 0) is 11.3 Å². The quantitative estimate of drug-likeness (QED) is 0.662. The molecule has 0 N–H and O–H groups in total. The van der Waals surface area contributed by atoms with Gasteiger partial charge in [-0.15, -0.1) is 0 Å². The summed E-state index contributed by atoms with van der Waals surface area (Å²) in [6.07, 6.45) is 7.54. The lowest BCUT2D eigenvalue weighted by Gasteiger charge is -2.32. The Balaban J connectivity index is 1.44. The highest BCUT2D eigenvalue weighted by Gasteiger charge is 2.23. The van der Waals surface area contributed by atoms with E-state index in [0.29, 0.717) is 17.9 Å². The van der Waals surface area contributed by atoms with Crippen LogP contribution in [0, 0.1) is 11.8 Å². The Bertz CT molecular complexity index is 883. The fourth-order valence-electron chi connectivity index (χ4n) is 4.92. The second kappa shape index (κ2) is 9.57. The molecule has 5 heteroatoms. The molecule has 4 nitrogen and oxygen atoms in total. The highest BCUT2D eigenvalue weighted by molar-refractivity contribution is 6.37. The molecule has 0 aromatic heterocycles. The van der Waals surface area contributed by atoms with E-state index in [4.69, 9.17) is 16.3 Å². The second-order valence-electron chi connectivity index (χ2n) is 8.97. The molecule has 1 heterocycles. The molecule has 2 aromatic rings. The molecular weight excluding hydrogens is 398 g/mol. The van der Waals surface area contributed by atoms with Crippen molar-refractivity contribution in [3.05, 3.63) is 40.9 Å². The molecule has 1 saturated carbocycles. The normalized spacial score (nSPS) is 23.5. The number of carboxylic acid groups (broad SMARTS) is 1. The molecule has 0 atom stereocenters. The van der Waals surface area contributed by atoms with Crippen molar-refractivity contribution < 1.29 is 14.6 Å². The molecular formula is C25H31ClNO3-. The van der Waals surface area contributed by atoms with E-state index in [2.05, 4.69) is 36.1 Å². The summed E-state index contributed by atoms with van der Waals surface area (Å²) in [7, 11) is 0. The van der Waals surface area contributed by atoms with E-state index < -0.39 is 5.97 Å². The van der Waals surface area contributed by atoms with E-state index in [9.17, 15) is 9.90 Å². The number of fused-ring (bicyclic) bond motifs is 1. The van der Waals surface area contributed by atoms with Crippen LogP contribution in [0.4, 0.5) is 0 Å². The van der Waals surface area contributed by atoms with Gasteiger partial charge in [0.2, 0.25) is 0 Å². The van der Waals surface area contributed by atoms with Gasteiger partial charge < -0.3 is 14.6 Å². The van der Waals surface area contributed by atoms with Crippen LogP contribution in [0.3, 0.4) is 0 Å². The summed E-state index contributed by atoms with van der Waals surface area (Å²) in [6.45, 7) is 4.65. The predicted octanol–water partition coefficient (Wildman–Crippen LogP) is 4.80. The van der Waals surface area contributed by atoms with E-state index in [1.165, 1.54) is 24.8 Å². The van der Waals surface area contributed by atoms with Crippen molar-refractivity contribution in [2.24, 2.45) is 11.8 Å². The minimum Gasteiger partial charge on any atom is -0.550 e. The third-order valence-electron chi connectivity index (χ3n) is 6.98. The van der Waals surface area contributed by atoms with Crippen LogP contribution >= 0.6 is 11.6 Å². The molecule has 0 bridgehead atoms. The number of likely N-dealkylation sites (tertiary alicyclic amines) is 1. The Morgan fingerprint density at radius 2 is 1.80 bits per heavy atom. The number of halogens is 1. The van der Waals surface area contributed by atoms with Crippen molar-refractivity contribution in [3.63, 3.8) is 0 Å². The zero-order valence-corrected chi connectivity index (χ0v) is 18.5. The Labute approximate surface area is 184 Å². The number of aliphatic carboxylic acids is 1. The molecule has 4 rings (SSSR count). The first-order chi connectivity index (χ1) is 14.5. The number of carbonyl (C=O) groups is 1. The monoisotopic (exact) mass is 428 g/mol. The fourth-order valence-corrected chi connectivity index (χ4v) is 5.19. The minimum atomic E-state index is -0.914. The summed E-state index contributed by atoms with van der Waals surface area (Å²) in [6, 6.07) is 10.5. The Morgan fingerprint density at radius 3 is 2.47 bits per heavy atom. The zero-order valence-electron chi connectivity index (χ0n) is 17.7. The van der Waals surface area contributed by atoms with Gasteiger partial charge in [-0.25, -0.2) is 0 Å². The highest BCUT2D eigenvalue weighted by atomic mass is 35.5. The lowest BCUT2D eigenvalue weighted by atomic mass is 9.86. The van der Waals surface area contributed by atoms with Crippen LogP contribution in [0.15, 0.2) is 30.3 Å². The predicted molar refractivity (Wildman–Crippen MR) is 119 cm³/mol. The van der Waals surface area contributed by atoms with E-state index in [1.807, 2.05) is 6.07 Å². The number of nitrogens with zero attached hydrogens (tertiary/aromatic N) is 1. The number of hydrogen-bond acceptors (Lipinski definition) is 4. The summed E-state index contributed by atoms with van der Waals surface area (Å²) < 4.78 is 6.31. The van der Waals surface area contributed by atoms with E-state index in [1.54, 1.807) is 0 Å². The van der Waals surface area contributed by atoms with Crippen molar-refractivity contribution in [2.45, 2.75) is 64.5 Å². The number of carbonyl (C=O) groups excluding carboxylic acids is 1. The second-order valence-corrected chi connectivity index (χ2v) is 9.35. The number of carboxylic acids is 1. The van der Waals surface area contributed by atoms with E-state index in [-0.39, 0.29) is 12.0 Å². The smallest absolute Gasteiger partial charge is 0.138 e. The number of piperidine rings is 1. The maximum atomic E-state index is 11.1. The zero-order chi connectivity index (χ0) is 21.1. The van der Waals surface area contributed by atoms with E-state index >= 15 is 0 Å². The summed E-state index contributed by atoms with van der Waals surface area (Å²) in [5.74, 6) is 0.412. The average Bonchev–Trinajstić information content (AvgIpc) is 2.77. The number of rotatable bonds is 6. The molecule has 2 aliphatic rings. The number of benzene rings is 2. The topological polar surface area (TPSA) is 52.6 Å². The molecule has 162 valence electrons. The maximum absolute atomic E-state index is 11.1. The summed E-state index contributed by atoms with van der Waals surface area (Å²) in [5, 5.41) is 13.9. The van der Waals surface area contributed by atoms with Gasteiger partial charge in [-0.05, 0) is 80.6 Å².